The molecular formula is C22H21N3O4. The van der Waals surface area contributed by atoms with E-state index in [0.717, 1.165) is 0 Å². The van der Waals surface area contributed by atoms with Gasteiger partial charge in [0.05, 0.1) is 19.0 Å². The first-order valence-electron chi connectivity index (χ1n) is 8.99. The van der Waals surface area contributed by atoms with Crippen LogP contribution in [0.25, 0.3) is 11.0 Å². The second-order valence-electron chi connectivity index (χ2n) is 6.11. The number of nitrogens with zero attached hydrogens (tertiary/aromatic N) is 1. The third kappa shape index (κ3) is 4.70. The number of pyridine rings is 1. The minimum atomic E-state index is -0.539. The third-order valence-electron chi connectivity index (χ3n) is 4.14. The zero-order chi connectivity index (χ0) is 20.8. The minimum absolute atomic E-state index is 0.235. The van der Waals surface area contributed by atoms with E-state index < -0.39 is 5.97 Å². The Hall–Kier alpha value is -3.87. The lowest BCUT2D eigenvalue weighted by atomic mass is 10.2. The maximum Gasteiger partial charge on any atom is 0.360 e. The molecule has 2 N–H and O–H groups in total. The number of hydrogen-bond acceptors (Lipinski definition) is 5. The Morgan fingerprint density at radius 3 is 2.48 bits per heavy atom. The Labute approximate surface area is 168 Å². The van der Waals surface area contributed by atoms with Gasteiger partial charge < -0.3 is 19.8 Å². The molecular weight excluding hydrogens is 370 g/mol. The van der Waals surface area contributed by atoms with Gasteiger partial charge in [-0.2, -0.15) is 0 Å². The molecule has 1 aromatic carbocycles. The molecule has 3 rings (SSSR count). The quantitative estimate of drug-likeness (QED) is 0.284. The van der Waals surface area contributed by atoms with Gasteiger partial charge in [-0.15, -0.1) is 0 Å². The number of hydrogen-bond donors (Lipinski definition) is 2. The molecule has 7 heteroatoms. The highest BCUT2D eigenvalue weighted by atomic mass is 16.5. The minimum Gasteiger partial charge on any atom is -0.497 e. The van der Waals surface area contributed by atoms with E-state index in [1.807, 2.05) is 6.92 Å². The lowest BCUT2D eigenvalue weighted by molar-refractivity contribution is -0.112. The van der Waals surface area contributed by atoms with Crippen molar-refractivity contribution >= 4 is 28.6 Å². The second-order valence-corrected chi connectivity index (χ2v) is 6.11. The highest BCUT2D eigenvalue weighted by Gasteiger charge is 2.14. The van der Waals surface area contributed by atoms with Gasteiger partial charge in [0.15, 0.2) is 0 Å². The fourth-order valence-electron chi connectivity index (χ4n) is 2.69. The molecule has 0 aliphatic heterocycles. The van der Waals surface area contributed by atoms with E-state index in [2.05, 4.69) is 15.3 Å². The molecule has 0 atom stereocenters. The number of esters is 1. The molecule has 3 aromatic rings. The monoisotopic (exact) mass is 391 g/mol. The van der Waals surface area contributed by atoms with Gasteiger partial charge >= 0.3 is 5.97 Å². The summed E-state index contributed by atoms with van der Waals surface area (Å²) in [5.41, 5.74) is 1.85. The van der Waals surface area contributed by atoms with E-state index in [-0.39, 0.29) is 11.6 Å². The first-order valence-corrected chi connectivity index (χ1v) is 8.99. The first-order chi connectivity index (χ1) is 14.0. The van der Waals surface area contributed by atoms with Crippen LogP contribution in [0, 0.1) is 0 Å². The number of aromatic nitrogens is 2. The van der Waals surface area contributed by atoms with E-state index in [0.29, 0.717) is 33.8 Å². The van der Waals surface area contributed by atoms with Gasteiger partial charge in [0.1, 0.15) is 22.8 Å². The number of rotatable bonds is 6. The molecule has 7 nitrogen and oxygen atoms in total. The second kappa shape index (κ2) is 8.88. The third-order valence-corrected chi connectivity index (χ3v) is 4.14. The Morgan fingerprint density at radius 2 is 1.83 bits per heavy atom. The van der Waals surface area contributed by atoms with Crippen molar-refractivity contribution in [3.63, 3.8) is 0 Å². The number of anilines is 1. The van der Waals surface area contributed by atoms with Crippen molar-refractivity contribution in [2.24, 2.45) is 0 Å². The standard InChI is InChI=1S/C22H21N3O4/c1-4-6-14(5-2)21(26)24-16-11-15-12-19(25-20(15)23-13-16)22(27)29-18-9-7-17(28-3)8-10-18/h4-13H,1-3H3,(H,23,25)(H,24,26). The van der Waals surface area contributed by atoms with Crippen LogP contribution in [0.1, 0.15) is 24.3 Å². The largest absolute Gasteiger partial charge is 0.497 e. The van der Waals surface area contributed by atoms with Crippen LogP contribution in [0.4, 0.5) is 5.69 Å². The summed E-state index contributed by atoms with van der Waals surface area (Å²) in [6.07, 6.45) is 6.78. The van der Waals surface area contributed by atoms with E-state index >= 15 is 0 Å². The normalized spacial score (nSPS) is 11.6. The number of amides is 1. The Morgan fingerprint density at radius 1 is 1.10 bits per heavy atom. The fourth-order valence-corrected chi connectivity index (χ4v) is 2.69. The molecule has 0 unspecified atom stereocenters. The predicted molar refractivity (Wildman–Crippen MR) is 111 cm³/mol. The average molecular weight is 391 g/mol. The Bertz CT molecular complexity index is 1090. The SMILES string of the molecule is CC=CC(=CC)C(=O)Nc1cnc2[nH]c(C(=O)Oc3ccc(OC)cc3)cc2c1. The number of aromatic amines is 1. The molecule has 0 spiro atoms. The van der Waals surface area contributed by atoms with E-state index in [9.17, 15) is 9.59 Å². The van der Waals surface area contributed by atoms with Gasteiger partial charge in [-0.25, -0.2) is 9.78 Å². The zero-order valence-electron chi connectivity index (χ0n) is 16.4. The molecule has 2 heterocycles. The topological polar surface area (TPSA) is 93.3 Å². The number of fused-ring (bicyclic) bond motifs is 1. The lowest BCUT2D eigenvalue weighted by Crippen LogP contribution is -2.13. The van der Waals surface area contributed by atoms with Crippen LogP contribution in [0.5, 0.6) is 11.5 Å². The number of ether oxygens (including phenoxy) is 2. The van der Waals surface area contributed by atoms with Gasteiger partial charge in [0.25, 0.3) is 5.91 Å². The predicted octanol–water partition coefficient (Wildman–Crippen LogP) is 4.25. The van der Waals surface area contributed by atoms with Gasteiger partial charge in [0.2, 0.25) is 0 Å². The van der Waals surface area contributed by atoms with E-state index in [4.69, 9.17) is 9.47 Å². The van der Waals surface area contributed by atoms with E-state index in [1.165, 1.54) is 6.20 Å². The fraction of sp³-hybridized carbons (Fsp3) is 0.136. The number of benzene rings is 1. The lowest BCUT2D eigenvalue weighted by Gasteiger charge is -2.05. The van der Waals surface area contributed by atoms with Gasteiger partial charge in [0, 0.05) is 11.0 Å². The molecule has 0 radical (unpaired) electrons. The number of methoxy groups -OCH3 is 1. The van der Waals surface area contributed by atoms with E-state index in [1.54, 1.807) is 68.7 Å². The molecule has 0 saturated heterocycles. The van der Waals surface area contributed by atoms with Crippen molar-refractivity contribution in [3.8, 4) is 11.5 Å². The molecule has 29 heavy (non-hydrogen) atoms. The van der Waals surface area contributed by atoms with Crippen LogP contribution in [-0.2, 0) is 4.79 Å². The summed E-state index contributed by atoms with van der Waals surface area (Å²) in [6.45, 7) is 3.64. The van der Waals surface area contributed by atoms with Crippen LogP contribution in [0.2, 0.25) is 0 Å². The number of allylic oxidation sites excluding steroid dienone is 2. The zero-order valence-corrected chi connectivity index (χ0v) is 16.4. The van der Waals surface area contributed by atoms with Crippen molar-refractivity contribution < 1.29 is 19.1 Å². The Kier molecular flexibility index (Phi) is 6.09. The summed E-state index contributed by atoms with van der Waals surface area (Å²) in [6, 6.07) is 10.1. The van der Waals surface area contributed by atoms with Crippen molar-refractivity contribution in [2.75, 3.05) is 12.4 Å². The summed E-state index contributed by atoms with van der Waals surface area (Å²) < 4.78 is 10.4. The molecule has 0 aliphatic carbocycles. The molecule has 2 aromatic heterocycles. The molecule has 0 saturated carbocycles. The molecule has 0 fully saturated rings. The maximum atomic E-state index is 12.4. The number of H-pyrrole nitrogens is 1. The van der Waals surface area contributed by atoms with Crippen molar-refractivity contribution in [3.05, 3.63) is 72.1 Å². The van der Waals surface area contributed by atoms with Crippen LogP contribution in [-0.4, -0.2) is 29.0 Å². The molecule has 1 amide bonds. The highest BCUT2D eigenvalue weighted by molar-refractivity contribution is 6.06. The number of nitrogens with one attached hydrogen (secondary N) is 2. The number of carbonyl (C=O) groups excluding carboxylic acids is 2. The molecule has 148 valence electrons. The van der Waals surface area contributed by atoms with Gasteiger partial charge in [-0.05, 0) is 50.2 Å². The van der Waals surface area contributed by atoms with Gasteiger partial charge in [-0.1, -0.05) is 18.2 Å². The van der Waals surface area contributed by atoms with Crippen LogP contribution in [0.3, 0.4) is 0 Å². The number of carbonyl (C=O) groups is 2. The van der Waals surface area contributed by atoms with Crippen molar-refractivity contribution in [1.29, 1.82) is 0 Å². The first kappa shape index (κ1) is 19.9. The van der Waals surface area contributed by atoms with Crippen molar-refractivity contribution in [1.82, 2.24) is 9.97 Å². The summed E-state index contributed by atoms with van der Waals surface area (Å²) >= 11 is 0. The highest BCUT2D eigenvalue weighted by Crippen LogP contribution is 2.21. The average Bonchev–Trinajstić information content (AvgIpc) is 3.16. The molecule has 0 bridgehead atoms. The van der Waals surface area contributed by atoms with Crippen LogP contribution in [0.15, 0.2) is 66.4 Å². The smallest absolute Gasteiger partial charge is 0.360 e. The summed E-state index contributed by atoms with van der Waals surface area (Å²) in [4.78, 5) is 31.9. The van der Waals surface area contributed by atoms with Crippen LogP contribution >= 0.6 is 0 Å². The Balaban J connectivity index is 1.76. The summed E-state index contributed by atoms with van der Waals surface area (Å²) in [7, 11) is 1.56. The van der Waals surface area contributed by atoms with Gasteiger partial charge in [-0.3, -0.25) is 4.79 Å². The van der Waals surface area contributed by atoms with Crippen LogP contribution < -0.4 is 14.8 Å². The molecule has 0 aliphatic rings. The van der Waals surface area contributed by atoms with Crippen molar-refractivity contribution in [2.45, 2.75) is 13.8 Å². The summed E-state index contributed by atoms with van der Waals surface area (Å²) in [5, 5.41) is 3.47. The maximum absolute atomic E-state index is 12.4. The summed E-state index contributed by atoms with van der Waals surface area (Å²) in [5.74, 6) is 0.299.